The summed E-state index contributed by atoms with van der Waals surface area (Å²) in [5, 5.41) is 10.7. The van der Waals surface area contributed by atoms with E-state index in [1.54, 1.807) is 29.3 Å². The van der Waals surface area contributed by atoms with Crippen molar-refractivity contribution in [3.8, 4) is 0 Å². The van der Waals surface area contributed by atoms with E-state index in [1.165, 1.54) is 11.6 Å². The van der Waals surface area contributed by atoms with E-state index >= 15 is 0 Å². The van der Waals surface area contributed by atoms with Crippen LogP contribution in [-0.4, -0.2) is 38.4 Å². The Bertz CT molecular complexity index is 1260. The minimum atomic E-state index is -1.11. The zero-order valence-electron chi connectivity index (χ0n) is 16.1. The third-order valence-electron chi connectivity index (χ3n) is 5.65. The molecule has 4 aromatic rings. The molecule has 5 rings (SSSR count). The SMILES string of the molecule is O=C(O)c1ccccc1C(=O)N1CCc2c([nH]c3ccccc23)C1c1ccccn1. The average molecular weight is 397 g/mol. The van der Waals surface area contributed by atoms with E-state index in [-0.39, 0.29) is 17.0 Å². The number of amides is 1. The van der Waals surface area contributed by atoms with Gasteiger partial charge in [0.05, 0.1) is 16.8 Å². The molecule has 1 unspecified atom stereocenters. The average Bonchev–Trinajstić information content (AvgIpc) is 3.17. The molecule has 148 valence electrons. The highest BCUT2D eigenvalue weighted by atomic mass is 16.4. The first-order valence-corrected chi connectivity index (χ1v) is 9.79. The van der Waals surface area contributed by atoms with Crippen molar-refractivity contribution in [3.05, 3.63) is 101 Å². The molecule has 1 amide bonds. The Morgan fingerprint density at radius 3 is 2.47 bits per heavy atom. The normalized spacial score (nSPS) is 15.7. The molecule has 30 heavy (non-hydrogen) atoms. The highest BCUT2D eigenvalue weighted by Gasteiger charge is 2.36. The van der Waals surface area contributed by atoms with Gasteiger partial charge in [-0.2, -0.15) is 0 Å². The number of fused-ring (bicyclic) bond motifs is 3. The van der Waals surface area contributed by atoms with Crippen LogP contribution in [0.2, 0.25) is 0 Å². The first kappa shape index (κ1) is 18.1. The van der Waals surface area contributed by atoms with Crippen molar-refractivity contribution in [2.75, 3.05) is 6.54 Å². The van der Waals surface area contributed by atoms with E-state index in [0.29, 0.717) is 13.0 Å². The summed E-state index contributed by atoms with van der Waals surface area (Å²) < 4.78 is 0. The third kappa shape index (κ3) is 2.85. The number of benzene rings is 2. The second kappa shape index (κ2) is 7.15. The molecule has 0 saturated heterocycles. The topological polar surface area (TPSA) is 86.3 Å². The largest absolute Gasteiger partial charge is 0.478 e. The van der Waals surface area contributed by atoms with Gasteiger partial charge in [-0.05, 0) is 42.3 Å². The molecule has 2 N–H and O–H groups in total. The summed E-state index contributed by atoms with van der Waals surface area (Å²) in [6.07, 6.45) is 2.39. The van der Waals surface area contributed by atoms with Crippen LogP contribution in [0.5, 0.6) is 0 Å². The summed E-state index contributed by atoms with van der Waals surface area (Å²) >= 11 is 0. The minimum Gasteiger partial charge on any atom is -0.478 e. The van der Waals surface area contributed by atoms with Crippen molar-refractivity contribution < 1.29 is 14.7 Å². The lowest BCUT2D eigenvalue weighted by molar-refractivity contribution is 0.0650. The second-order valence-corrected chi connectivity index (χ2v) is 7.32. The van der Waals surface area contributed by atoms with Gasteiger partial charge in [-0.1, -0.05) is 36.4 Å². The molecule has 0 saturated carbocycles. The van der Waals surface area contributed by atoms with E-state index in [2.05, 4.69) is 16.0 Å². The van der Waals surface area contributed by atoms with E-state index < -0.39 is 12.0 Å². The summed E-state index contributed by atoms with van der Waals surface area (Å²) in [6.45, 7) is 0.475. The Morgan fingerprint density at radius 2 is 1.70 bits per heavy atom. The Labute approximate surface area is 172 Å². The van der Waals surface area contributed by atoms with Crippen LogP contribution in [0.15, 0.2) is 72.9 Å². The number of nitrogens with one attached hydrogen (secondary N) is 1. The molecule has 6 heteroatoms. The quantitative estimate of drug-likeness (QED) is 0.546. The smallest absolute Gasteiger partial charge is 0.336 e. The number of carboxylic acid groups (broad SMARTS) is 1. The maximum Gasteiger partial charge on any atom is 0.336 e. The van der Waals surface area contributed by atoms with Gasteiger partial charge in [-0.25, -0.2) is 4.79 Å². The van der Waals surface area contributed by atoms with Gasteiger partial charge >= 0.3 is 5.97 Å². The van der Waals surface area contributed by atoms with Gasteiger partial charge in [0, 0.05) is 29.3 Å². The highest BCUT2D eigenvalue weighted by molar-refractivity contribution is 6.05. The van der Waals surface area contributed by atoms with Crippen molar-refractivity contribution in [2.45, 2.75) is 12.5 Å². The number of carbonyl (C=O) groups is 2. The zero-order chi connectivity index (χ0) is 20.7. The van der Waals surface area contributed by atoms with Crippen LogP contribution in [0.1, 0.15) is 43.7 Å². The number of rotatable bonds is 3. The number of para-hydroxylation sites is 1. The third-order valence-corrected chi connectivity index (χ3v) is 5.65. The molecule has 2 aromatic carbocycles. The molecule has 0 radical (unpaired) electrons. The zero-order valence-corrected chi connectivity index (χ0v) is 16.1. The fraction of sp³-hybridized carbons (Fsp3) is 0.125. The van der Waals surface area contributed by atoms with Crippen molar-refractivity contribution in [2.24, 2.45) is 0 Å². The first-order valence-electron chi connectivity index (χ1n) is 9.79. The molecule has 0 spiro atoms. The van der Waals surface area contributed by atoms with Gasteiger partial charge in [0.25, 0.3) is 5.91 Å². The van der Waals surface area contributed by atoms with Gasteiger partial charge in [-0.15, -0.1) is 0 Å². The van der Waals surface area contributed by atoms with Gasteiger partial charge in [0.15, 0.2) is 0 Å². The molecule has 3 heterocycles. The monoisotopic (exact) mass is 397 g/mol. The molecule has 1 aliphatic heterocycles. The first-order chi connectivity index (χ1) is 14.6. The molecular weight excluding hydrogens is 378 g/mol. The molecule has 0 aliphatic carbocycles. The van der Waals surface area contributed by atoms with Crippen LogP contribution in [-0.2, 0) is 6.42 Å². The Morgan fingerprint density at radius 1 is 0.967 bits per heavy atom. The van der Waals surface area contributed by atoms with Gasteiger partial charge in [-0.3, -0.25) is 9.78 Å². The molecule has 2 aromatic heterocycles. The predicted molar refractivity (Wildman–Crippen MR) is 113 cm³/mol. The van der Waals surface area contributed by atoms with Gasteiger partial charge in [0.2, 0.25) is 0 Å². The molecule has 6 nitrogen and oxygen atoms in total. The van der Waals surface area contributed by atoms with Crippen molar-refractivity contribution in [1.82, 2.24) is 14.9 Å². The minimum absolute atomic E-state index is 0.00437. The van der Waals surface area contributed by atoms with Crippen molar-refractivity contribution >= 4 is 22.8 Å². The number of carboxylic acids is 1. The lowest BCUT2D eigenvalue weighted by Crippen LogP contribution is -2.41. The Hall–Kier alpha value is -3.93. The van der Waals surface area contributed by atoms with Crippen molar-refractivity contribution in [1.29, 1.82) is 0 Å². The number of pyridine rings is 1. The number of nitrogens with zero attached hydrogens (tertiary/aromatic N) is 2. The van der Waals surface area contributed by atoms with E-state index in [0.717, 1.165) is 22.3 Å². The lowest BCUT2D eigenvalue weighted by atomic mass is 9.93. The molecule has 1 aliphatic rings. The van der Waals surface area contributed by atoms with Crippen LogP contribution in [0.25, 0.3) is 10.9 Å². The number of carbonyl (C=O) groups excluding carboxylic acids is 1. The summed E-state index contributed by atoms with van der Waals surface area (Å²) in [6, 6.07) is 19.6. The van der Waals surface area contributed by atoms with Crippen LogP contribution < -0.4 is 0 Å². The van der Waals surface area contributed by atoms with Crippen LogP contribution >= 0.6 is 0 Å². The standard InChI is InChI=1S/C24H19N3O3/c28-23(17-8-1-2-9-18(17)24(29)30)27-14-12-16-15-7-3-4-10-19(15)26-21(16)22(27)20-11-5-6-13-25-20/h1-11,13,22,26H,12,14H2,(H,29,30). The Balaban J connectivity index is 1.67. The summed E-state index contributed by atoms with van der Waals surface area (Å²) in [5.41, 5.74) is 4.06. The van der Waals surface area contributed by atoms with Crippen LogP contribution in [0.3, 0.4) is 0 Å². The highest BCUT2D eigenvalue weighted by Crippen LogP contribution is 2.38. The number of hydrogen-bond acceptors (Lipinski definition) is 3. The molecular formula is C24H19N3O3. The van der Waals surface area contributed by atoms with Crippen LogP contribution in [0, 0.1) is 0 Å². The molecule has 0 bridgehead atoms. The van der Waals surface area contributed by atoms with Gasteiger partial charge < -0.3 is 15.0 Å². The van der Waals surface area contributed by atoms with E-state index in [4.69, 9.17) is 0 Å². The maximum absolute atomic E-state index is 13.6. The number of aromatic carboxylic acids is 1. The lowest BCUT2D eigenvalue weighted by Gasteiger charge is -2.35. The number of hydrogen-bond donors (Lipinski definition) is 2. The fourth-order valence-corrected chi connectivity index (χ4v) is 4.32. The molecule has 0 fully saturated rings. The molecule has 1 atom stereocenters. The summed E-state index contributed by atoms with van der Waals surface area (Å²) in [7, 11) is 0. The van der Waals surface area contributed by atoms with Crippen LogP contribution in [0.4, 0.5) is 0 Å². The van der Waals surface area contributed by atoms with Crippen molar-refractivity contribution in [3.63, 3.8) is 0 Å². The number of H-pyrrole nitrogens is 1. The summed E-state index contributed by atoms with van der Waals surface area (Å²) in [5.74, 6) is -1.43. The maximum atomic E-state index is 13.6. The van der Waals surface area contributed by atoms with Gasteiger partial charge in [0.1, 0.15) is 6.04 Å². The number of aromatic amines is 1. The van der Waals surface area contributed by atoms with E-state index in [9.17, 15) is 14.7 Å². The Kier molecular flexibility index (Phi) is 4.32. The predicted octanol–water partition coefficient (Wildman–Crippen LogP) is 4.05. The fourth-order valence-electron chi connectivity index (χ4n) is 4.32. The summed E-state index contributed by atoms with van der Waals surface area (Å²) in [4.78, 5) is 35.0. The van der Waals surface area contributed by atoms with E-state index in [1.807, 2.05) is 36.4 Å². The second-order valence-electron chi connectivity index (χ2n) is 7.32. The number of aromatic nitrogens is 2.